The number of carbonyl (C=O) groups is 1. The van der Waals surface area contributed by atoms with Crippen molar-refractivity contribution >= 4 is 5.91 Å². The molecule has 0 saturated heterocycles. The Labute approximate surface area is 128 Å². The van der Waals surface area contributed by atoms with Gasteiger partial charge in [-0.2, -0.15) is 5.10 Å². The first-order valence-corrected chi connectivity index (χ1v) is 7.15. The lowest BCUT2D eigenvalue weighted by atomic mass is 10.2. The molecule has 1 heterocycles. The van der Waals surface area contributed by atoms with Crippen LogP contribution in [-0.4, -0.2) is 33.4 Å². The molecule has 0 saturated carbocycles. The Hall–Kier alpha value is -2.47. The molecule has 116 valence electrons. The number of benzene rings is 1. The molecule has 1 amide bonds. The Bertz CT molecular complexity index is 706. The molecule has 0 bridgehead atoms. The summed E-state index contributed by atoms with van der Waals surface area (Å²) < 4.78 is 1.55. The molecule has 1 atom stereocenters. The molecule has 6 nitrogen and oxygen atoms in total. The van der Waals surface area contributed by atoms with Gasteiger partial charge in [0.05, 0.1) is 18.3 Å². The van der Waals surface area contributed by atoms with Crippen LogP contribution in [-0.2, 0) is 0 Å². The van der Waals surface area contributed by atoms with Gasteiger partial charge < -0.3 is 10.4 Å². The molecule has 22 heavy (non-hydrogen) atoms. The fourth-order valence-electron chi connectivity index (χ4n) is 2.07. The zero-order valence-corrected chi connectivity index (χ0v) is 12.6. The number of nitrogens with one attached hydrogen (secondary N) is 1. The van der Waals surface area contributed by atoms with Gasteiger partial charge in [-0.1, -0.05) is 25.1 Å². The summed E-state index contributed by atoms with van der Waals surface area (Å²) in [5, 5.41) is 15.9. The Kier molecular flexibility index (Phi) is 5.06. The quantitative estimate of drug-likeness (QED) is 0.864. The van der Waals surface area contributed by atoms with Crippen molar-refractivity contribution in [1.29, 1.82) is 0 Å². The number of rotatable bonds is 5. The van der Waals surface area contributed by atoms with Crippen LogP contribution in [0.3, 0.4) is 0 Å². The standard InChI is InChI=1S/C16H19N3O3/c1-3-12(10-20)17-16(22)15-14(21)9-11(2)19(18-15)13-7-5-4-6-8-13/h4-9,12,20H,3,10H2,1-2H3,(H,17,22). The number of hydrogen-bond donors (Lipinski definition) is 2. The normalized spacial score (nSPS) is 12.0. The number of amides is 1. The molecule has 1 aromatic heterocycles. The second-order valence-electron chi connectivity index (χ2n) is 5.01. The van der Waals surface area contributed by atoms with Gasteiger partial charge in [0, 0.05) is 11.8 Å². The second kappa shape index (κ2) is 7.00. The molecule has 0 radical (unpaired) electrons. The highest BCUT2D eigenvalue weighted by Gasteiger charge is 2.17. The van der Waals surface area contributed by atoms with Gasteiger partial charge >= 0.3 is 0 Å². The minimum Gasteiger partial charge on any atom is -0.394 e. The molecule has 0 aliphatic carbocycles. The van der Waals surface area contributed by atoms with Gasteiger partial charge in [-0.3, -0.25) is 9.59 Å². The van der Waals surface area contributed by atoms with Crippen molar-refractivity contribution in [2.24, 2.45) is 0 Å². The molecular weight excluding hydrogens is 282 g/mol. The maximum Gasteiger partial charge on any atom is 0.276 e. The summed E-state index contributed by atoms with van der Waals surface area (Å²) >= 11 is 0. The first-order valence-electron chi connectivity index (χ1n) is 7.15. The van der Waals surface area contributed by atoms with Crippen LogP contribution in [0.1, 0.15) is 29.5 Å². The molecule has 0 fully saturated rings. The van der Waals surface area contributed by atoms with E-state index in [2.05, 4.69) is 10.4 Å². The van der Waals surface area contributed by atoms with Crippen molar-refractivity contribution in [3.05, 3.63) is 58.0 Å². The van der Waals surface area contributed by atoms with E-state index in [4.69, 9.17) is 5.11 Å². The van der Waals surface area contributed by atoms with Crippen LogP contribution in [0, 0.1) is 6.92 Å². The van der Waals surface area contributed by atoms with E-state index in [1.165, 1.54) is 6.07 Å². The molecule has 0 spiro atoms. The number of carbonyl (C=O) groups excluding carboxylic acids is 1. The summed E-state index contributed by atoms with van der Waals surface area (Å²) in [5.41, 5.74) is 0.793. The SMILES string of the molecule is CCC(CO)NC(=O)c1nn(-c2ccccc2)c(C)cc1=O. The highest BCUT2D eigenvalue weighted by atomic mass is 16.3. The van der Waals surface area contributed by atoms with Crippen molar-refractivity contribution in [2.75, 3.05) is 6.61 Å². The summed E-state index contributed by atoms with van der Waals surface area (Å²) in [5.74, 6) is -0.574. The van der Waals surface area contributed by atoms with Gasteiger partial charge in [-0.25, -0.2) is 4.68 Å². The van der Waals surface area contributed by atoms with Crippen molar-refractivity contribution in [3.8, 4) is 5.69 Å². The van der Waals surface area contributed by atoms with Crippen molar-refractivity contribution in [1.82, 2.24) is 15.1 Å². The average Bonchev–Trinajstić information content (AvgIpc) is 2.53. The average molecular weight is 301 g/mol. The Balaban J connectivity index is 2.41. The molecule has 6 heteroatoms. The zero-order chi connectivity index (χ0) is 16.1. The van der Waals surface area contributed by atoms with Crippen LogP contribution < -0.4 is 10.7 Å². The van der Waals surface area contributed by atoms with Crippen molar-refractivity contribution in [2.45, 2.75) is 26.3 Å². The van der Waals surface area contributed by atoms with Crippen LogP contribution in [0.15, 0.2) is 41.2 Å². The molecule has 0 aliphatic rings. The Morgan fingerprint density at radius 1 is 1.36 bits per heavy atom. The summed E-state index contributed by atoms with van der Waals surface area (Å²) in [6.07, 6.45) is 0.570. The lowest BCUT2D eigenvalue weighted by Crippen LogP contribution is -2.40. The van der Waals surface area contributed by atoms with Crippen LogP contribution in [0.25, 0.3) is 5.69 Å². The molecule has 1 aromatic carbocycles. The monoisotopic (exact) mass is 301 g/mol. The van der Waals surface area contributed by atoms with E-state index >= 15 is 0 Å². The van der Waals surface area contributed by atoms with Gasteiger partial charge in [-0.15, -0.1) is 0 Å². The minimum atomic E-state index is -0.574. The zero-order valence-electron chi connectivity index (χ0n) is 12.6. The fraction of sp³-hybridized carbons (Fsp3) is 0.312. The van der Waals surface area contributed by atoms with Crippen LogP contribution in [0.5, 0.6) is 0 Å². The third-order valence-electron chi connectivity index (χ3n) is 3.37. The maximum atomic E-state index is 12.2. The number of nitrogens with zero attached hydrogens (tertiary/aromatic N) is 2. The predicted octanol–water partition coefficient (Wildman–Crippen LogP) is 1.04. The second-order valence-corrected chi connectivity index (χ2v) is 5.01. The smallest absolute Gasteiger partial charge is 0.276 e. The molecule has 1 unspecified atom stereocenters. The minimum absolute atomic E-state index is 0.179. The molecule has 2 N–H and O–H groups in total. The van der Waals surface area contributed by atoms with Gasteiger partial charge in [0.25, 0.3) is 5.91 Å². The van der Waals surface area contributed by atoms with Crippen LogP contribution in [0.2, 0.25) is 0 Å². The number of aryl methyl sites for hydroxylation is 1. The Morgan fingerprint density at radius 2 is 2.05 bits per heavy atom. The van der Waals surface area contributed by atoms with E-state index in [1.807, 2.05) is 37.3 Å². The maximum absolute atomic E-state index is 12.2. The number of aliphatic hydroxyl groups excluding tert-OH is 1. The third kappa shape index (κ3) is 3.40. The lowest BCUT2D eigenvalue weighted by Gasteiger charge is -2.15. The summed E-state index contributed by atoms with van der Waals surface area (Å²) in [4.78, 5) is 24.2. The van der Waals surface area contributed by atoms with E-state index in [9.17, 15) is 9.59 Å². The summed E-state index contributed by atoms with van der Waals surface area (Å²) in [7, 11) is 0. The van der Waals surface area contributed by atoms with Gasteiger partial charge in [0.2, 0.25) is 5.43 Å². The third-order valence-corrected chi connectivity index (χ3v) is 3.37. The molecule has 0 aliphatic heterocycles. The number of aromatic nitrogens is 2. The number of hydrogen-bond acceptors (Lipinski definition) is 4. The number of para-hydroxylation sites is 1. The van der Waals surface area contributed by atoms with Gasteiger partial charge in [-0.05, 0) is 25.5 Å². The summed E-state index contributed by atoms with van der Waals surface area (Å²) in [6, 6.07) is 10.3. The largest absolute Gasteiger partial charge is 0.394 e. The first-order chi connectivity index (χ1) is 10.6. The van der Waals surface area contributed by atoms with E-state index in [-0.39, 0.29) is 18.3 Å². The van der Waals surface area contributed by atoms with Crippen LogP contribution >= 0.6 is 0 Å². The van der Waals surface area contributed by atoms with Crippen LogP contribution in [0.4, 0.5) is 0 Å². The number of aliphatic hydroxyl groups is 1. The highest BCUT2D eigenvalue weighted by Crippen LogP contribution is 2.08. The van der Waals surface area contributed by atoms with Gasteiger partial charge in [0.1, 0.15) is 0 Å². The summed E-state index contributed by atoms with van der Waals surface area (Å²) in [6.45, 7) is 3.42. The molecule has 2 aromatic rings. The highest BCUT2D eigenvalue weighted by molar-refractivity contribution is 5.92. The van der Waals surface area contributed by atoms with Crippen molar-refractivity contribution in [3.63, 3.8) is 0 Å². The van der Waals surface area contributed by atoms with E-state index in [0.29, 0.717) is 12.1 Å². The predicted molar refractivity (Wildman–Crippen MR) is 83.2 cm³/mol. The first kappa shape index (κ1) is 15.9. The topological polar surface area (TPSA) is 84.2 Å². The molecule has 2 rings (SSSR count). The van der Waals surface area contributed by atoms with E-state index < -0.39 is 11.3 Å². The van der Waals surface area contributed by atoms with Gasteiger partial charge in [0.15, 0.2) is 5.69 Å². The fourth-order valence-corrected chi connectivity index (χ4v) is 2.07. The van der Waals surface area contributed by atoms with E-state index in [1.54, 1.807) is 11.6 Å². The lowest BCUT2D eigenvalue weighted by molar-refractivity contribution is 0.0907. The Morgan fingerprint density at radius 3 is 2.64 bits per heavy atom. The van der Waals surface area contributed by atoms with Crippen molar-refractivity contribution < 1.29 is 9.90 Å². The van der Waals surface area contributed by atoms with E-state index in [0.717, 1.165) is 5.69 Å². The molecular formula is C16H19N3O3.